The van der Waals surface area contributed by atoms with Crippen molar-refractivity contribution in [3.63, 3.8) is 0 Å². The Morgan fingerprint density at radius 2 is 0.767 bits per heavy atom. The summed E-state index contributed by atoms with van der Waals surface area (Å²) in [7, 11) is 3.24. The monoisotopic (exact) mass is 1910 g/mol. The van der Waals surface area contributed by atoms with Gasteiger partial charge in [-0.05, 0) is 193 Å². The van der Waals surface area contributed by atoms with Crippen molar-refractivity contribution in [2.75, 3.05) is 19.1 Å². The van der Waals surface area contributed by atoms with Gasteiger partial charge in [-0.3, -0.25) is 29.3 Å². The number of guanidine groups is 4. The third-order valence-electron chi connectivity index (χ3n) is 29.1. The number of ether oxygens (including phenoxy) is 2. The highest BCUT2D eigenvalue weighted by Gasteiger charge is 2.60. The van der Waals surface area contributed by atoms with Crippen LogP contribution in [0.5, 0.6) is 28.7 Å². The number of aryl methyl sites for hydroxylation is 4. The number of methoxy groups -OCH3 is 2. The second-order valence-corrected chi connectivity index (χ2v) is 37.9. The minimum Gasteiger partial charge on any atom is -0.508 e. The Hall–Kier alpha value is -18.7. The number of aromatic hydroxyl groups is 3. The molecule has 3 aliphatic carbocycles. The highest BCUT2D eigenvalue weighted by molar-refractivity contribution is 6.31. The molecule has 15 aliphatic heterocycles. The third-order valence-corrected chi connectivity index (χ3v) is 29.1. The number of allylic oxidation sites excluding steroid dienone is 14. The van der Waals surface area contributed by atoms with E-state index < -0.39 is 22.2 Å². The van der Waals surface area contributed by atoms with Gasteiger partial charge in [-0.15, -0.1) is 0 Å². The summed E-state index contributed by atoms with van der Waals surface area (Å²) < 4.78 is 10.7. The van der Waals surface area contributed by atoms with Gasteiger partial charge in [0.05, 0.1) is 82.2 Å². The Bertz CT molecular complexity index is 8630. The molecule has 15 heterocycles. The topological polar surface area (TPSA) is 287 Å². The molecule has 0 spiro atoms. The van der Waals surface area contributed by atoms with E-state index in [1.807, 2.05) is 186 Å². The number of fused-ring (bicyclic) bond motifs is 10. The van der Waals surface area contributed by atoms with Crippen molar-refractivity contribution in [1.29, 1.82) is 0 Å². The molecule has 0 saturated heterocycles. The molecule has 7 unspecified atom stereocenters. The number of para-hydroxylation sites is 5. The molecule has 0 bridgehead atoms. The molecule has 11 aromatic carbocycles. The van der Waals surface area contributed by atoms with Gasteiger partial charge in [0.15, 0.2) is 51.3 Å². The lowest BCUT2D eigenvalue weighted by molar-refractivity contribution is 0.414. The van der Waals surface area contributed by atoms with Crippen LogP contribution in [0.15, 0.2) is 427 Å². The first-order valence-corrected chi connectivity index (χ1v) is 48.5. The van der Waals surface area contributed by atoms with Gasteiger partial charge in [0, 0.05) is 70.0 Å². The molecule has 0 saturated carbocycles. The summed E-state index contributed by atoms with van der Waals surface area (Å²) in [5.41, 5.74) is 23.4. The van der Waals surface area contributed by atoms with Crippen LogP contribution in [0.3, 0.4) is 0 Å². The summed E-state index contributed by atoms with van der Waals surface area (Å²) in [5, 5.41) is 34.3. The van der Waals surface area contributed by atoms with E-state index in [0.29, 0.717) is 69.9 Å². The second kappa shape index (κ2) is 34.4. The van der Waals surface area contributed by atoms with Crippen LogP contribution in [0.1, 0.15) is 98.7 Å². The van der Waals surface area contributed by atoms with Crippen LogP contribution in [0, 0.1) is 45.4 Å². The summed E-state index contributed by atoms with van der Waals surface area (Å²) in [6.07, 6.45) is 34.9. The number of nitrogens with zero attached hydrogens (tertiary/aromatic N) is 19. The zero-order chi connectivity index (χ0) is 99.3. The zero-order valence-corrected chi connectivity index (χ0v) is 80.9. The maximum absolute atomic E-state index is 11.8. The highest BCUT2D eigenvalue weighted by atomic mass is 16.5. The molecule has 11 aromatic rings. The van der Waals surface area contributed by atoms with Crippen LogP contribution in [0.4, 0.5) is 40.1 Å². The number of hydrogen-bond donors (Lipinski definition) is 3. The molecule has 25 nitrogen and oxygen atoms in total. The van der Waals surface area contributed by atoms with Crippen LogP contribution in [0.25, 0.3) is 33.7 Å². The highest BCUT2D eigenvalue weighted by Crippen LogP contribution is 2.59. The van der Waals surface area contributed by atoms with Crippen molar-refractivity contribution < 1.29 is 24.8 Å². The fourth-order valence-corrected chi connectivity index (χ4v) is 22.1. The lowest BCUT2D eigenvalue weighted by Gasteiger charge is -2.37. The van der Waals surface area contributed by atoms with Crippen LogP contribution in [0.2, 0.25) is 0 Å². The molecule has 25 heteroatoms. The largest absolute Gasteiger partial charge is 0.508 e. The summed E-state index contributed by atoms with van der Waals surface area (Å²) in [4.78, 5) is 90.7. The van der Waals surface area contributed by atoms with Crippen molar-refractivity contribution in [1.82, 2.24) is 29.6 Å². The van der Waals surface area contributed by atoms with Crippen molar-refractivity contribution in [3.05, 3.63) is 451 Å². The van der Waals surface area contributed by atoms with Gasteiger partial charge >= 0.3 is 0 Å². The van der Waals surface area contributed by atoms with Crippen LogP contribution < -0.4 is 19.8 Å². The molecule has 708 valence electrons. The first kappa shape index (κ1) is 88.8. The Morgan fingerprint density at radius 1 is 0.363 bits per heavy atom. The third kappa shape index (κ3) is 13.8. The molecule has 29 rings (SSSR count). The molecule has 18 aliphatic rings. The van der Waals surface area contributed by atoms with E-state index in [1.54, 1.807) is 51.0 Å². The Kier molecular flexibility index (Phi) is 20.9. The molecule has 0 aromatic heterocycles. The number of benzene rings is 11. The van der Waals surface area contributed by atoms with Gasteiger partial charge in [0.1, 0.15) is 34.6 Å². The smallest absolute Gasteiger partial charge is 0.233 e. The number of aromatic nitrogens is 2. The maximum atomic E-state index is 11.8. The average Bonchev–Trinajstić information content (AvgIpc) is 1.55. The predicted octanol–water partition coefficient (Wildman–Crippen LogP) is 23.3. The van der Waals surface area contributed by atoms with E-state index in [1.165, 1.54) is 33.9 Å². The van der Waals surface area contributed by atoms with Gasteiger partial charge in [-0.1, -0.05) is 263 Å². The summed E-state index contributed by atoms with van der Waals surface area (Å²) in [6.45, 7) is 14.7. The standard InChI is InChI=1S/C31H26N4.C26H20N4O3.C26H20N4O2.C25H20N4.C13H7N3O/c1-19-14-16-22(17-15-19)31(25-12-7-9-21(25)3)29-32-26-13-5-4-10-24(26)28-18-27(23-11-6-8-20(23)2)33-30(34-31)35(28)29;1-15-13-21(31)23(22(32)14-15)26(16-7-9-17(33-2)10-8-16)24-28-19-6-4-3-5-18(19)20-11-12-27-25(29-26)30(20)24;1-16-7-12-20(23(31)15-16)26(17-8-10-18(32-2)11-9-17)24-28-21-6-4-3-5-19(21)22-13-14-27-25(29-26)30(22)24;1-16-10-12-18(13-11-16)25(20-8-5-6-17(20)2)23-27-21-9-4-3-7-19(21)22-14-15-26-24(28-25)29(22)23;17-11-7-12-14-6-5-10-8-3-1-2-4-9(8)15-13(11)16(10)12/h4-18,20-21H,1-3H3;3-14,31-32H,1-2H3;3-15,31H,1-2H3;3-15,17H,1-2H3;1-7H. The van der Waals surface area contributed by atoms with Crippen LogP contribution in [-0.2, 0) is 22.2 Å². The van der Waals surface area contributed by atoms with E-state index >= 15 is 0 Å². The van der Waals surface area contributed by atoms with Crippen molar-refractivity contribution in [3.8, 4) is 28.7 Å². The number of aliphatic imine (C=N–C) groups is 12. The lowest BCUT2D eigenvalue weighted by atomic mass is 9.77. The van der Waals surface area contributed by atoms with E-state index in [9.17, 15) is 20.1 Å². The Morgan fingerprint density at radius 3 is 1.25 bits per heavy atom. The molecule has 0 fully saturated rings. The predicted molar refractivity (Wildman–Crippen MR) is 581 cm³/mol. The van der Waals surface area contributed by atoms with Crippen molar-refractivity contribution in [2.45, 2.75) is 70.6 Å². The van der Waals surface area contributed by atoms with Crippen LogP contribution in [-0.4, -0.2) is 131 Å². The molecule has 3 N–H and O–H groups in total. The van der Waals surface area contributed by atoms with Gasteiger partial charge in [0.25, 0.3) is 0 Å². The first-order valence-electron chi connectivity index (χ1n) is 48.5. The minimum atomic E-state index is -1.32. The number of phenolic OH excluding ortho intramolecular Hbond substituents is 3. The van der Waals surface area contributed by atoms with Gasteiger partial charge in [-0.25, -0.2) is 69.9 Å². The van der Waals surface area contributed by atoms with Crippen molar-refractivity contribution in [2.24, 2.45) is 77.7 Å². The quantitative estimate of drug-likeness (QED) is 0.109. The number of amidine groups is 4. The molecule has 0 amide bonds. The SMILES string of the molecule is COc1ccc(C2(c3c(O)cc(C)cc3O)N=C3N=CC=C4c5ccccc5N=C2N43)cc1.COc1ccc(C2(c3ccc(C)cc3O)N=C3N=CC=C4c5ccccc5N=C2N43)cc1.Cc1ccc(C2(C3=CC=CC3C)N=C3N=C(C4=CC=CC4C)C=C4c5ccccc5N=C2N43)cc1.Cc1ccc(C2(C3=CC=CC3C)N=C3N=CC=C4c5ccccc5N=C2N43)cc1.O=c1cc2nccc3c4ccccc4nc1N23. The van der Waals surface area contributed by atoms with Gasteiger partial charge < -0.3 is 24.8 Å². The summed E-state index contributed by atoms with van der Waals surface area (Å²) in [6, 6.07) is 85.2. The van der Waals surface area contributed by atoms with Gasteiger partial charge in [0.2, 0.25) is 29.3 Å². The van der Waals surface area contributed by atoms with E-state index in [4.69, 9.17) is 54.4 Å². The Balaban J connectivity index is 0.0000000965. The molecule has 146 heavy (non-hydrogen) atoms. The first-order chi connectivity index (χ1) is 71.2. The number of phenols is 3. The summed E-state index contributed by atoms with van der Waals surface area (Å²) >= 11 is 0. The molecule has 7 atom stereocenters. The molecule has 0 radical (unpaired) electrons. The molecular weight excluding hydrogens is 1820 g/mol. The number of rotatable bonds is 11. The lowest BCUT2D eigenvalue weighted by Crippen LogP contribution is -2.44. The maximum Gasteiger partial charge on any atom is 0.233 e. The van der Waals surface area contributed by atoms with E-state index in [-0.39, 0.29) is 40.1 Å². The van der Waals surface area contributed by atoms with E-state index in [0.717, 1.165) is 135 Å². The normalized spacial score (nSPS) is 22.2. The minimum absolute atomic E-state index is 0.0661. The average molecular weight is 1910 g/mol. The molecular formula is C121H93N19O6. The fourth-order valence-electron chi connectivity index (χ4n) is 22.1. The summed E-state index contributed by atoms with van der Waals surface area (Å²) in [5.74, 6) is 8.89. The second-order valence-electron chi connectivity index (χ2n) is 37.9. The van der Waals surface area contributed by atoms with Gasteiger partial charge in [-0.2, -0.15) is 0 Å². The number of anilines is 3. The van der Waals surface area contributed by atoms with Crippen LogP contribution >= 0.6 is 0 Å². The van der Waals surface area contributed by atoms with Crippen molar-refractivity contribution >= 4 is 145 Å². The fraction of sp³-hybridized carbons (Fsp3) is 0.132. The van der Waals surface area contributed by atoms with E-state index in [2.05, 4.69) is 233 Å². The Labute approximate surface area is 841 Å². The zero-order valence-electron chi connectivity index (χ0n) is 80.9. The number of hydrogen-bond acceptors (Lipinski definition) is 25.